The van der Waals surface area contributed by atoms with Gasteiger partial charge in [0.05, 0.1) is 0 Å². The number of fused-ring (bicyclic) bond motifs is 2. The molecule has 1 spiro atoms. The van der Waals surface area contributed by atoms with E-state index in [2.05, 4.69) is 58.0 Å². The molecule has 0 bridgehead atoms. The molecule has 2 aliphatic rings. The number of likely N-dealkylation sites (tertiary alicyclic amines) is 1. The third-order valence-electron chi connectivity index (χ3n) is 5.79. The highest BCUT2D eigenvalue weighted by atomic mass is 16.4. The van der Waals surface area contributed by atoms with E-state index in [1.54, 1.807) is 0 Å². The zero-order chi connectivity index (χ0) is 18.0. The maximum atomic E-state index is 10.9. The highest BCUT2D eigenvalue weighted by Gasteiger charge is 2.42. The Morgan fingerprint density at radius 3 is 2.62 bits per heavy atom. The van der Waals surface area contributed by atoms with Gasteiger partial charge >= 0.3 is 6.09 Å². The molecule has 2 aliphatic heterocycles. The number of anilines is 1. The zero-order valence-electron chi connectivity index (χ0n) is 14.9. The van der Waals surface area contributed by atoms with Gasteiger partial charge in [-0.25, -0.2) is 4.79 Å². The second-order valence-electron chi connectivity index (χ2n) is 7.39. The molecule has 26 heavy (non-hydrogen) atoms. The van der Waals surface area contributed by atoms with Crippen molar-refractivity contribution in [2.75, 3.05) is 25.0 Å². The van der Waals surface area contributed by atoms with Crippen LogP contribution in [0, 0.1) is 0 Å². The third-order valence-corrected chi connectivity index (χ3v) is 5.79. The molecule has 0 aliphatic carbocycles. The summed E-state index contributed by atoms with van der Waals surface area (Å²) in [4.78, 5) is 13.4. The van der Waals surface area contributed by atoms with Crippen LogP contribution in [-0.2, 0) is 18.5 Å². The average molecular weight is 351 g/mol. The SMILES string of the molecule is O=C(O)NCc1cccc2c1C1(CCN(Cc3ccccc3)CC1)CN2. The fourth-order valence-electron chi connectivity index (χ4n) is 4.45. The Bertz CT molecular complexity index is 783. The molecule has 5 heteroatoms. The van der Waals surface area contributed by atoms with Gasteiger partial charge in [-0.3, -0.25) is 4.90 Å². The fraction of sp³-hybridized carbons (Fsp3) is 0.381. The molecule has 2 aromatic carbocycles. The molecule has 0 unspecified atom stereocenters. The van der Waals surface area contributed by atoms with Crippen LogP contribution < -0.4 is 10.6 Å². The van der Waals surface area contributed by atoms with E-state index < -0.39 is 6.09 Å². The van der Waals surface area contributed by atoms with Crippen molar-refractivity contribution in [1.29, 1.82) is 0 Å². The number of hydrogen-bond acceptors (Lipinski definition) is 3. The molecular formula is C21H25N3O2. The van der Waals surface area contributed by atoms with Gasteiger partial charge in [-0.2, -0.15) is 0 Å². The summed E-state index contributed by atoms with van der Waals surface area (Å²) in [6, 6.07) is 16.8. The number of amides is 1. The summed E-state index contributed by atoms with van der Waals surface area (Å²) in [7, 11) is 0. The van der Waals surface area contributed by atoms with E-state index in [0.29, 0.717) is 6.54 Å². The van der Waals surface area contributed by atoms with E-state index in [0.717, 1.165) is 44.6 Å². The lowest BCUT2D eigenvalue weighted by molar-refractivity contribution is 0.161. The van der Waals surface area contributed by atoms with Crippen LogP contribution in [0.3, 0.4) is 0 Å². The second kappa shape index (κ2) is 7.00. The molecule has 0 atom stereocenters. The quantitative estimate of drug-likeness (QED) is 0.790. The molecule has 2 aromatic rings. The monoisotopic (exact) mass is 351 g/mol. The number of carboxylic acid groups (broad SMARTS) is 1. The van der Waals surface area contributed by atoms with Gasteiger partial charge in [0.25, 0.3) is 0 Å². The van der Waals surface area contributed by atoms with E-state index in [1.165, 1.54) is 16.8 Å². The Labute approximate surface area is 154 Å². The van der Waals surface area contributed by atoms with Crippen molar-refractivity contribution in [3.63, 3.8) is 0 Å². The predicted octanol–water partition coefficient (Wildman–Crippen LogP) is 3.41. The van der Waals surface area contributed by atoms with Crippen molar-refractivity contribution in [3.05, 3.63) is 65.2 Å². The number of piperidine rings is 1. The van der Waals surface area contributed by atoms with Gasteiger partial charge < -0.3 is 15.7 Å². The first-order valence-corrected chi connectivity index (χ1v) is 9.26. The minimum Gasteiger partial charge on any atom is -0.465 e. The fourth-order valence-corrected chi connectivity index (χ4v) is 4.45. The lowest BCUT2D eigenvalue weighted by atomic mass is 9.72. The van der Waals surface area contributed by atoms with Crippen molar-refractivity contribution >= 4 is 11.8 Å². The van der Waals surface area contributed by atoms with E-state index in [4.69, 9.17) is 5.11 Å². The van der Waals surface area contributed by atoms with Gasteiger partial charge in [-0.05, 0) is 48.7 Å². The normalized spacial score (nSPS) is 18.3. The van der Waals surface area contributed by atoms with Gasteiger partial charge in [0, 0.05) is 30.7 Å². The highest BCUT2D eigenvalue weighted by molar-refractivity contribution is 5.67. The van der Waals surface area contributed by atoms with E-state index in [1.807, 2.05) is 6.07 Å². The summed E-state index contributed by atoms with van der Waals surface area (Å²) < 4.78 is 0. The summed E-state index contributed by atoms with van der Waals surface area (Å²) >= 11 is 0. The molecule has 3 N–H and O–H groups in total. The number of benzene rings is 2. The molecule has 1 fully saturated rings. The van der Waals surface area contributed by atoms with Crippen molar-refractivity contribution in [3.8, 4) is 0 Å². The molecule has 2 heterocycles. The molecular weight excluding hydrogens is 326 g/mol. The third kappa shape index (κ3) is 3.27. The van der Waals surface area contributed by atoms with Crippen LogP contribution in [0.25, 0.3) is 0 Å². The summed E-state index contributed by atoms with van der Waals surface area (Å²) in [5.41, 5.74) is 5.09. The smallest absolute Gasteiger partial charge is 0.404 e. The van der Waals surface area contributed by atoms with Crippen LogP contribution >= 0.6 is 0 Å². The second-order valence-corrected chi connectivity index (χ2v) is 7.39. The van der Waals surface area contributed by atoms with Crippen LogP contribution in [0.15, 0.2) is 48.5 Å². The Morgan fingerprint density at radius 2 is 1.88 bits per heavy atom. The molecule has 5 nitrogen and oxygen atoms in total. The van der Waals surface area contributed by atoms with Crippen molar-refractivity contribution in [2.24, 2.45) is 0 Å². The summed E-state index contributed by atoms with van der Waals surface area (Å²) in [6.45, 7) is 4.45. The van der Waals surface area contributed by atoms with Crippen LogP contribution in [-0.4, -0.2) is 35.7 Å². The summed E-state index contributed by atoms with van der Waals surface area (Å²) in [5.74, 6) is 0. The Kier molecular flexibility index (Phi) is 4.55. The van der Waals surface area contributed by atoms with Crippen LogP contribution in [0.4, 0.5) is 10.5 Å². The topological polar surface area (TPSA) is 64.6 Å². The lowest BCUT2D eigenvalue weighted by Gasteiger charge is -2.40. The lowest BCUT2D eigenvalue weighted by Crippen LogP contribution is -2.44. The molecule has 4 rings (SSSR count). The summed E-state index contributed by atoms with van der Waals surface area (Å²) in [5, 5.41) is 15.1. The first-order valence-electron chi connectivity index (χ1n) is 9.26. The predicted molar refractivity (Wildman–Crippen MR) is 102 cm³/mol. The van der Waals surface area contributed by atoms with E-state index >= 15 is 0 Å². The van der Waals surface area contributed by atoms with Gasteiger partial charge in [0.2, 0.25) is 0 Å². The first kappa shape index (κ1) is 16.9. The molecule has 136 valence electrons. The Balaban J connectivity index is 1.49. The maximum absolute atomic E-state index is 10.9. The molecule has 1 amide bonds. The number of nitrogens with one attached hydrogen (secondary N) is 2. The molecule has 0 radical (unpaired) electrons. The van der Waals surface area contributed by atoms with Crippen LogP contribution in [0.2, 0.25) is 0 Å². The Morgan fingerprint density at radius 1 is 1.12 bits per heavy atom. The number of nitrogens with zero attached hydrogens (tertiary/aromatic N) is 1. The maximum Gasteiger partial charge on any atom is 0.404 e. The van der Waals surface area contributed by atoms with Gasteiger partial charge in [-0.1, -0.05) is 42.5 Å². The molecule has 0 saturated carbocycles. The summed E-state index contributed by atoms with van der Waals surface area (Å²) in [6.07, 6.45) is 1.23. The van der Waals surface area contributed by atoms with E-state index in [-0.39, 0.29) is 5.41 Å². The van der Waals surface area contributed by atoms with Gasteiger partial charge in [-0.15, -0.1) is 0 Å². The highest BCUT2D eigenvalue weighted by Crippen LogP contribution is 2.45. The van der Waals surface area contributed by atoms with Gasteiger partial charge in [0.1, 0.15) is 0 Å². The number of carbonyl (C=O) groups is 1. The molecule has 1 saturated heterocycles. The standard InChI is InChI=1S/C21H25N3O2/c25-20(26)22-13-17-7-4-8-18-19(17)21(15-23-18)9-11-24(12-10-21)14-16-5-2-1-3-6-16/h1-8,22-23H,9-15H2,(H,25,26). The van der Waals surface area contributed by atoms with Crippen LogP contribution in [0.5, 0.6) is 0 Å². The first-order chi connectivity index (χ1) is 12.7. The van der Waals surface area contributed by atoms with E-state index in [9.17, 15) is 4.79 Å². The van der Waals surface area contributed by atoms with Crippen LogP contribution in [0.1, 0.15) is 29.5 Å². The molecule has 0 aromatic heterocycles. The number of rotatable bonds is 4. The minimum atomic E-state index is -0.972. The van der Waals surface area contributed by atoms with Crippen molar-refractivity contribution < 1.29 is 9.90 Å². The largest absolute Gasteiger partial charge is 0.465 e. The average Bonchev–Trinajstić information content (AvgIpc) is 3.02. The number of hydrogen-bond donors (Lipinski definition) is 3. The minimum absolute atomic E-state index is 0.124. The van der Waals surface area contributed by atoms with Crippen molar-refractivity contribution in [1.82, 2.24) is 10.2 Å². The Hall–Kier alpha value is -2.53. The zero-order valence-corrected chi connectivity index (χ0v) is 14.9. The van der Waals surface area contributed by atoms with Crippen molar-refractivity contribution in [2.45, 2.75) is 31.3 Å². The van der Waals surface area contributed by atoms with Gasteiger partial charge in [0.15, 0.2) is 0 Å².